The molecule has 3 unspecified atom stereocenters. The Kier molecular flexibility index (Phi) is 61.5. The lowest BCUT2D eigenvalue weighted by Gasteiger charge is -2.21. The average Bonchev–Trinajstić information content (AvgIpc) is 3.30. The van der Waals surface area contributed by atoms with Crippen LogP contribution >= 0.6 is 15.6 Å². The maximum Gasteiger partial charge on any atom is 0.472 e. The van der Waals surface area contributed by atoms with E-state index in [2.05, 4.69) is 48.5 Å². The summed E-state index contributed by atoms with van der Waals surface area (Å²) in [5.41, 5.74) is 0. The van der Waals surface area contributed by atoms with Gasteiger partial charge in [0.2, 0.25) is 0 Å². The van der Waals surface area contributed by atoms with E-state index >= 15 is 0 Å². The maximum atomic E-state index is 13.0. The first-order chi connectivity index (χ1) is 43.8. The molecule has 0 fully saturated rings. The monoisotopic (exact) mass is 1340 g/mol. The van der Waals surface area contributed by atoms with Gasteiger partial charge in [-0.3, -0.25) is 37.3 Å². The van der Waals surface area contributed by atoms with Crippen molar-refractivity contribution >= 4 is 39.5 Å². The van der Waals surface area contributed by atoms with Gasteiger partial charge >= 0.3 is 39.5 Å². The molecule has 0 heterocycles. The van der Waals surface area contributed by atoms with Gasteiger partial charge in [-0.1, -0.05) is 312 Å². The van der Waals surface area contributed by atoms with Crippen molar-refractivity contribution in [2.45, 2.75) is 381 Å². The molecular weight excluding hydrogens is 1200 g/mol. The van der Waals surface area contributed by atoms with Gasteiger partial charge in [-0.25, -0.2) is 9.13 Å². The molecule has 6 atom stereocenters. The highest BCUT2D eigenvalue weighted by atomic mass is 31.2. The molecule has 0 aromatic heterocycles. The molecule has 0 bridgehead atoms. The van der Waals surface area contributed by atoms with E-state index < -0.39 is 97.5 Å². The summed E-state index contributed by atoms with van der Waals surface area (Å²) in [6, 6.07) is 0. The number of aliphatic hydroxyl groups is 1. The Hall–Kier alpha value is -1.94. The predicted octanol–water partition coefficient (Wildman–Crippen LogP) is 20.6. The largest absolute Gasteiger partial charge is 0.472 e. The lowest BCUT2D eigenvalue weighted by atomic mass is 9.99. The summed E-state index contributed by atoms with van der Waals surface area (Å²) in [5, 5.41) is 10.6. The number of phosphoric acid groups is 2. The van der Waals surface area contributed by atoms with E-state index in [9.17, 15) is 43.2 Å². The number of hydrogen-bond acceptors (Lipinski definition) is 15. The molecule has 0 amide bonds. The fraction of sp³-hybridized carbons (Fsp3) is 0.944. The van der Waals surface area contributed by atoms with Crippen LogP contribution in [0.5, 0.6) is 0 Å². The van der Waals surface area contributed by atoms with Crippen molar-refractivity contribution < 1.29 is 80.2 Å². The van der Waals surface area contributed by atoms with Crippen molar-refractivity contribution in [1.29, 1.82) is 0 Å². The summed E-state index contributed by atoms with van der Waals surface area (Å²) in [7, 11) is -9.90. The zero-order valence-electron chi connectivity index (χ0n) is 59.3. The molecule has 17 nitrogen and oxygen atoms in total. The first-order valence-corrected chi connectivity index (χ1v) is 40.4. The average molecular weight is 1340 g/mol. The number of esters is 4. The molecule has 0 saturated heterocycles. The lowest BCUT2D eigenvalue weighted by molar-refractivity contribution is -0.161. The molecule has 0 radical (unpaired) electrons. The summed E-state index contributed by atoms with van der Waals surface area (Å²) in [6.45, 7) is 11.9. The van der Waals surface area contributed by atoms with Crippen molar-refractivity contribution in [2.75, 3.05) is 39.6 Å². The van der Waals surface area contributed by atoms with Crippen molar-refractivity contribution in [3.63, 3.8) is 0 Å². The van der Waals surface area contributed by atoms with Crippen LogP contribution in [0, 0.1) is 17.8 Å². The topological polar surface area (TPSA) is 237 Å². The molecular formula is C72H140O17P2. The minimum absolute atomic E-state index is 0.105. The Morgan fingerprint density at radius 3 is 0.835 bits per heavy atom. The number of unbranched alkanes of at least 4 members (excludes halogenated alkanes) is 37. The summed E-state index contributed by atoms with van der Waals surface area (Å²) in [4.78, 5) is 72.5. The summed E-state index contributed by atoms with van der Waals surface area (Å²) in [6.07, 6.45) is 47.2. The molecule has 0 aliphatic carbocycles. The third kappa shape index (κ3) is 65.1. The Bertz CT molecular complexity index is 1790. The molecule has 0 aliphatic heterocycles. The Labute approximate surface area is 556 Å². The van der Waals surface area contributed by atoms with Crippen molar-refractivity contribution in [1.82, 2.24) is 0 Å². The summed E-state index contributed by atoms with van der Waals surface area (Å²) in [5.74, 6) is 0.204. The van der Waals surface area contributed by atoms with E-state index in [-0.39, 0.29) is 25.7 Å². The van der Waals surface area contributed by atoms with Crippen LogP contribution in [-0.2, 0) is 65.4 Å². The number of aliphatic hydroxyl groups excluding tert-OH is 1. The van der Waals surface area contributed by atoms with Crippen LogP contribution in [0.1, 0.15) is 363 Å². The molecule has 0 rings (SSSR count). The fourth-order valence-electron chi connectivity index (χ4n) is 10.9. The van der Waals surface area contributed by atoms with Crippen molar-refractivity contribution in [2.24, 2.45) is 17.8 Å². The number of ether oxygens (including phenoxy) is 4. The Balaban J connectivity index is 5.22. The van der Waals surface area contributed by atoms with Gasteiger partial charge in [0.05, 0.1) is 26.4 Å². The minimum Gasteiger partial charge on any atom is -0.462 e. The zero-order chi connectivity index (χ0) is 67.3. The molecule has 3 N–H and O–H groups in total. The molecule has 540 valence electrons. The van der Waals surface area contributed by atoms with E-state index in [1.165, 1.54) is 167 Å². The van der Waals surface area contributed by atoms with Crippen LogP contribution in [0.4, 0.5) is 0 Å². The van der Waals surface area contributed by atoms with Crippen LogP contribution < -0.4 is 0 Å². The molecule has 0 saturated carbocycles. The summed E-state index contributed by atoms with van der Waals surface area (Å²) >= 11 is 0. The molecule has 19 heteroatoms. The molecule has 0 spiro atoms. The van der Waals surface area contributed by atoms with Crippen molar-refractivity contribution in [3.05, 3.63) is 0 Å². The van der Waals surface area contributed by atoms with Crippen molar-refractivity contribution in [3.8, 4) is 0 Å². The van der Waals surface area contributed by atoms with E-state index in [0.29, 0.717) is 25.7 Å². The van der Waals surface area contributed by atoms with Crippen LogP contribution in [0.15, 0.2) is 0 Å². The Morgan fingerprint density at radius 2 is 0.560 bits per heavy atom. The second kappa shape index (κ2) is 62.8. The van der Waals surface area contributed by atoms with Gasteiger partial charge in [0.25, 0.3) is 0 Å². The highest BCUT2D eigenvalue weighted by Crippen LogP contribution is 2.45. The minimum atomic E-state index is -4.95. The van der Waals surface area contributed by atoms with E-state index in [1.807, 2.05) is 0 Å². The number of carbonyl (C=O) groups excluding carboxylic acids is 4. The highest BCUT2D eigenvalue weighted by Gasteiger charge is 2.30. The van der Waals surface area contributed by atoms with Crippen LogP contribution in [0.3, 0.4) is 0 Å². The second-order valence-electron chi connectivity index (χ2n) is 27.2. The number of rotatable bonds is 70. The molecule has 0 aromatic rings. The maximum absolute atomic E-state index is 13.0. The van der Waals surface area contributed by atoms with Crippen LogP contribution in [0.2, 0.25) is 0 Å². The molecule has 0 aromatic carbocycles. The van der Waals surface area contributed by atoms with E-state index in [1.54, 1.807) is 0 Å². The van der Waals surface area contributed by atoms with Gasteiger partial charge in [0.15, 0.2) is 12.2 Å². The zero-order valence-corrected chi connectivity index (χ0v) is 61.1. The normalized spacial score (nSPS) is 14.5. The number of carbonyl (C=O) groups is 4. The summed E-state index contributed by atoms with van der Waals surface area (Å²) < 4.78 is 68.3. The smallest absolute Gasteiger partial charge is 0.462 e. The van der Waals surface area contributed by atoms with Gasteiger partial charge in [-0.15, -0.1) is 0 Å². The number of phosphoric ester groups is 2. The van der Waals surface area contributed by atoms with Gasteiger partial charge < -0.3 is 33.8 Å². The van der Waals surface area contributed by atoms with E-state index in [4.69, 9.17) is 37.0 Å². The molecule has 0 aliphatic rings. The molecule has 91 heavy (non-hydrogen) atoms. The van der Waals surface area contributed by atoms with Gasteiger partial charge in [-0.05, 0) is 43.4 Å². The van der Waals surface area contributed by atoms with Gasteiger partial charge in [0.1, 0.15) is 19.3 Å². The number of hydrogen-bond donors (Lipinski definition) is 3. The van der Waals surface area contributed by atoms with Crippen LogP contribution in [0.25, 0.3) is 0 Å². The highest BCUT2D eigenvalue weighted by molar-refractivity contribution is 7.47. The Morgan fingerprint density at radius 1 is 0.319 bits per heavy atom. The van der Waals surface area contributed by atoms with E-state index in [0.717, 1.165) is 114 Å². The lowest BCUT2D eigenvalue weighted by Crippen LogP contribution is -2.30. The third-order valence-corrected chi connectivity index (χ3v) is 18.9. The van der Waals surface area contributed by atoms with Gasteiger partial charge in [-0.2, -0.15) is 0 Å². The first kappa shape index (κ1) is 89.1. The SMILES string of the molecule is CCCCCCCCCCC(=O)OC[C@H](COP(=O)(O)OC[C@H](O)COP(=O)(O)OC[C@@H](COC(=O)CCCCCCCCCCCCC(C)C)OC(=O)CCCCCCCCCCCCCCCCCC(C)C)OC(=O)CCCCCCCCCCC(C)CC. The van der Waals surface area contributed by atoms with Gasteiger partial charge in [0, 0.05) is 25.7 Å². The standard InChI is InChI=1S/C72H140O17P2/c1-8-10-11-12-13-32-39-46-53-69(74)82-59-67(89-72(77)56-49-42-35-28-27-31-38-45-52-65(7)9-2)61-86-90(78,79)84-57-66(73)58-85-91(80,81)87-62-68(60-83-70(75)54-47-40-33-25-22-21-24-30-37-44-51-64(5)6)88-71(76)55-48-41-34-26-20-18-16-14-15-17-19-23-29-36-43-50-63(3)4/h63-68,73H,8-62H2,1-7H3,(H,78,79)(H,80,81)/t65?,66-,67+,68+/m0/s1. The van der Waals surface area contributed by atoms with Crippen LogP contribution in [-0.4, -0.2) is 96.7 Å². The third-order valence-electron chi connectivity index (χ3n) is 17.0. The first-order valence-electron chi connectivity index (χ1n) is 37.4. The predicted molar refractivity (Wildman–Crippen MR) is 368 cm³/mol. The fourth-order valence-corrected chi connectivity index (χ4v) is 12.4. The quantitative estimate of drug-likeness (QED) is 0.0222. The second-order valence-corrected chi connectivity index (χ2v) is 30.1.